The third-order valence-corrected chi connectivity index (χ3v) is 6.57. The molecule has 4 rings (SSSR count). The molecule has 1 N–H and O–H groups in total. The van der Waals surface area contributed by atoms with Gasteiger partial charge in [-0.3, -0.25) is 10.1 Å². The van der Waals surface area contributed by atoms with Crippen LogP contribution in [0.15, 0.2) is 42.5 Å². The number of benzene rings is 2. The average molecular weight is 488 g/mol. The van der Waals surface area contributed by atoms with Gasteiger partial charge in [0.1, 0.15) is 11.9 Å². The number of aliphatic hydroxyl groups excluding tert-OH is 1. The molecule has 188 valence electrons. The van der Waals surface area contributed by atoms with E-state index in [2.05, 4.69) is 0 Å². The Morgan fingerprint density at radius 3 is 2.60 bits per heavy atom. The van der Waals surface area contributed by atoms with Gasteiger partial charge in [0.25, 0.3) is 5.69 Å². The Kier molecular flexibility index (Phi) is 6.84. The summed E-state index contributed by atoms with van der Waals surface area (Å²) in [4.78, 5) is 25.0. The molecule has 0 spiro atoms. The molecular weight excluding hydrogens is 460 g/mol. The number of para-hydroxylation sites is 1. The molecule has 11 heteroatoms. The van der Waals surface area contributed by atoms with Crippen molar-refractivity contribution in [2.45, 2.75) is 50.0 Å². The number of carbonyl (C=O) groups excluding carboxylic acids is 1. The van der Waals surface area contributed by atoms with E-state index in [1.807, 2.05) is 24.3 Å². The first-order chi connectivity index (χ1) is 16.7. The lowest BCUT2D eigenvalue weighted by atomic mass is 9.82. The summed E-state index contributed by atoms with van der Waals surface area (Å²) in [6, 6.07) is 10.8. The Morgan fingerprint density at radius 2 is 1.94 bits per heavy atom. The number of rotatable bonds is 6. The van der Waals surface area contributed by atoms with Gasteiger partial charge in [0.05, 0.1) is 18.1 Å². The summed E-state index contributed by atoms with van der Waals surface area (Å²) in [5.74, 6) is 0.312. The number of aliphatic hydroxyl groups is 1. The number of nitro groups is 1. The number of hydrogen-bond donors (Lipinski definition) is 1. The average Bonchev–Trinajstić information content (AvgIpc) is 2.85. The second-order valence-corrected chi connectivity index (χ2v) is 8.56. The molecule has 0 amide bonds. The van der Waals surface area contributed by atoms with Crippen LogP contribution in [0.3, 0.4) is 0 Å². The van der Waals surface area contributed by atoms with Gasteiger partial charge in [0.2, 0.25) is 0 Å². The van der Waals surface area contributed by atoms with Gasteiger partial charge < -0.3 is 33.7 Å². The molecule has 0 radical (unpaired) electrons. The van der Waals surface area contributed by atoms with Crippen LogP contribution in [0.2, 0.25) is 0 Å². The summed E-state index contributed by atoms with van der Waals surface area (Å²) in [7, 11) is 4.06. The number of hydrogen-bond acceptors (Lipinski definition) is 10. The number of non-ortho nitro benzene ring substituents is 1. The van der Waals surface area contributed by atoms with Crippen molar-refractivity contribution in [1.29, 1.82) is 0 Å². The molecule has 2 heterocycles. The van der Waals surface area contributed by atoms with Crippen LogP contribution in [0.4, 0.5) is 16.2 Å². The highest BCUT2D eigenvalue weighted by molar-refractivity contribution is 5.64. The summed E-state index contributed by atoms with van der Waals surface area (Å²) in [6.07, 6.45) is -2.98. The lowest BCUT2D eigenvalue weighted by Gasteiger charge is -2.52. The zero-order chi connectivity index (χ0) is 25.3. The highest BCUT2D eigenvalue weighted by Crippen LogP contribution is 2.49. The van der Waals surface area contributed by atoms with E-state index in [9.17, 15) is 20.0 Å². The van der Waals surface area contributed by atoms with E-state index >= 15 is 0 Å². The van der Waals surface area contributed by atoms with E-state index in [-0.39, 0.29) is 5.69 Å². The van der Waals surface area contributed by atoms with Gasteiger partial charge in [-0.1, -0.05) is 18.2 Å². The Morgan fingerprint density at radius 1 is 1.23 bits per heavy atom. The number of carbonyl (C=O) groups is 1. The second-order valence-electron chi connectivity index (χ2n) is 8.56. The number of ether oxygens (including phenoxy) is 5. The van der Waals surface area contributed by atoms with Gasteiger partial charge in [-0.25, -0.2) is 4.79 Å². The lowest BCUT2D eigenvalue weighted by molar-refractivity contribution is -0.385. The minimum absolute atomic E-state index is 0.168. The largest absolute Gasteiger partial charge is 0.509 e. The molecule has 0 aromatic heterocycles. The summed E-state index contributed by atoms with van der Waals surface area (Å²) >= 11 is 0. The second kappa shape index (κ2) is 9.68. The van der Waals surface area contributed by atoms with Gasteiger partial charge >= 0.3 is 6.16 Å². The molecule has 35 heavy (non-hydrogen) atoms. The van der Waals surface area contributed by atoms with Crippen molar-refractivity contribution >= 4 is 17.5 Å². The summed E-state index contributed by atoms with van der Waals surface area (Å²) in [6.45, 7) is 1.64. The molecule has 0 fully saturated rings. The SMILES string of the molecule is COC(=O)O[C@@H]1CCc2ccccc2N1[C@H]1c2cc([N+](=O)[O-])ccc2O[C@](C)(C(OC)OC)[C@@H]1O. The molecule has 0 aliphatic carbocycles. The molecule has 4 atom stereocenters. The number of methoxy groups -OCH3 is 3. The van der Waals surface area contributed by atoms with Gasteiger partial charge in [0.15, 0.2) is 18.1 Å². The molecule has 0 unspecified atom stereocenters. The Labute approximate surface area is 202 Å². The fourth-order valence-electron chi connectivity index (χ4n) is 4.96. The molecule has 2 aliphatic heterocycles. The zero-order valence-electron chi connectivity index (χ0n) is 19.9. The first-order valence-corrected chi connectivity index (χ1v) is 11.1. The van der Waals surface area contributed by atoms with Crippen LogP contribution in [0, 0.1) is 10.1 Å². The molecular formula is C24H28N2O9. The van der Waals surface area contributed by atoms with Crippen molar-refractivity contribution in [1.82, 2.24) is 0 Å². The first-order valence-electron chi connectivity index (χ1n) is 11.1. The van der Waals surface area contributed by atoms with Crippen LogP contribution >= 0.6 is 0 Å². The van der Waals surface area contributed by atoms with Gasteiger partial charge in [0, 0.05) is 44.0 Å². The minimum atomic E-state index is -1.42. The van der Waals surface area contributed by atoms with Crippen LogP contribution in [-0.4, -0.2) is 61.7 Å². The fraction of sp³-hybridized carbons (Fsp3) is 0.458. The van der Waals surface area contributed by atoms with Crippen LogP contribution in [0.25, 0.3) is 0 Å². The summed E-state index contributed by atoms with van der Waals surface area (Å²) in [5.41, 5.74) is 0.466. The van der Waals surface area contributed by atoms with Crippen LogP contribution < -0.4 is 9.64 Å². The molecule has 2 aromatic rings. The predicted octanol–water partition coefficient (Wildman–Crippen LogP) is 3.33. The van der Waals surface area contributed by atoms with E-state index in [1.54, 1.807) is 11.8 Å². The van der Waals surface area contributed by atoms with Crippen molar-refractivity contribution in [3.05, 3.63) is 63.7 Å². The van der Waals surface area contributed by atoms with E-state index in [4.69, 9.17) is 23.7 Å². The maximum atomic E-state index is 12.1. The van der Waals surface area contributed by atoms with E-state index < -0.39 is 41.3 Å². The third-order valence-electron chi connectivity index (χ3n) is 6.57. The fourth-order valence-corrected chi connectivity index (χ4v) is 4.96. The van der Waals surface area contributed by atoms with E-state index in [0.29, 0.717) is 29.8 Å². The van der Waals surface area contributed by atoms with Crippen molar-refractivity contribution in [3.8, 4) is 5.75 Å². The smallest absolute Gasteiger partial charge is 0.479 e. The van der Waals surface area contributed by atoms with Crippen molar-refractivity contribution in [2.75, 3.05) is 26.2 Å². The monoisotopic (exact) mass is 488 g/mol. The van der Waals surface area contributed by atoms with Gasteiger partial charge in [-0.15, -0.1) is 0 Å². The highest BCUT2D eigenvalue weighted by atomic mass is 16.7. The number of anilines is 1. The minimum Gasteiger partial charge on any atom is -0.479 e. The standard InChI is InChI=1S/C24H28N2O9/c1-24(22(31-2)32-3)21(27)20(16-13-15(26(29)30)10-11-18(16)35-24)25-17-8-6-5-7-14(17)9-12-19(25)34-23(28)33-4/h5-8,10-11,13,19-22,27H,9,12H2,1-4H3/t19-,20+,21-,24+/m1/s1. The van der Waals surface area contributed by atoms with Crippen molar-refractivity contribution in [2.24, 2.45) is 0 Å². The maximum Gasteiger partial charge on any atom is 0.509 e. The zero-order valence-corrected chi connectivity index (χ0v) is 19.9. The number of fused-ring (bicyclic) bond motifs is 2. The Bertz CT molecular complexity index is 1110. The number of aryl methyl sites for hydroxylation is 1. The first kappa shape index (κ1) is 24.7. The van der Waals surface area contributed by atoms with Crippen LogP contribution in [0.5, 0.6) is 5.75 Å². The highest BCUT2D eigenvalue weighted by Gasteiger charge is 2.55. The van der Waals surface area contributed by atoms with Crippen LogP contribution in [0.1, 0.15) is 30.5 Å². The number of nitro benzene ring substituents is 1. The van der Waals surface area contributed by atoms with Gasteiger partial charge in [-0.2, -0.15) is 0 Å². The van der Waals surface area contributed by atoms with Crippen molar-refractivity contribution in [3.63, 3.8) is 0 Å². The normalized spacial score (nSPS) is 25.3. The number of nitrogens with zero attached hydrogens (tertiary/aromatic N) is 2. The van der Waals surface area contributed by atoms with Crippen LogP contribution in [-0.2, 0) is 25.4 Å². The molecule has 11 nitrogen and oxygen atoms in total. The molecule has 0 saturated heterocycles. The lowest BCUT2D eigenvalue weighted by Crippen LogP contribution is -2.63. The molecule has 2 aromatic carbocycles. The van der Waals surface area contributed by atoms with E-state index in [0.717, 1.165) is 5.56 Å². The molecule has 0 saturated carbocycles. The predicted molar refractivity (Wildman–Crippen MR) is 123 cm³/mol. The maximum absolute atomic E-state index is 12.1. The topological polar surface area (TPSA) is 130 Å². The van der Waals surface area contributed by atoms with E-state index in [1.165, 1.54) is 39.5 Å². The summed E-state index contributed by atoms with van der Waals surface area (Å²) < 4.78 is 27.4. The molecule has 0 bridgehead atoms. The Balaban J connectivity index is 1.94. The molecule has 2 aliphatic rings. The Hall–Kier alpha value is -3.41. The third kappa shape index (κ3) is 4.26. The summed E-state index contributed by atoms with van der Waals surface area (Å²) in [5, 5.41) is 23.4. The quantitative estimate of drug-likeness (QED) is 0.280. The van der Waals surface area contributed by atoms with Gasteiger partial charge in [-0.05, 0) is 31.0 Å². The van der Waals surface area contributed by atoms with Crippen molar-refractivity contribution < 1.29 is 38.5 Å².